The van der Waals surface area contributed by atoms with E-state index < -0.39 is 0 Å². The Bertz CT molecular complexity index is 410. The Morgan fingerprint density at radius 3 is 2.37 bits per heavy atom. The summed E-state index contributed by atoms with van der Waals surface area (Å²) in [4.78, 5) is 6.32. The molecule has 0 atom stereocenters. The molecule has 1 aliphatic rings. The maximum atomic E-state index is 4.22. The van der Waals surface area contributed by atoms with Crippen LogP contribution in [0.25, 0.3) is 0 Å². The van der Waals surface area contributed by atoms with Crippen LogP contribution in [-0.4, -0.2) is 33.1 Å². The molecule has 0 heterocycles. The van der Waals surface area contributed by atoms with Gasteiger partial charge in [0.15, 0.2) is 5.96 Å². The quantitative estimate of drug-likeness (QED) is 0.482. The molecule has 4 nitrogen and oxygen atoms in total. The molecule has 0 aliphatic heterocycles. The van der Waals surface area contributed by atoms with Crippen molar-refractivity contribution in [3.63, 3.8) is 0 Å². The predicted octanol–water partition coefficient (Wildman–Crippen LogP) is 2.20. The van der Waals surface area contributed by atoms with Gasteiger partial charge in [-0.05, 0) is 30.5 Å². The first kappa shape index (κ1) is 16.1. The molecule has 1 aliphatic carbocycles. The summed E-state index contributed by atoms with van der Waals surface area (Å²) >= 11 is 0. The topological polar surface area (TPSA) is 39.7 Å². The average molecular weight is 374 g/mol. The van der Waals surface area contributed by atoms with Crippen molar-refractivity contribution in [3.05, 3.63) is 29.8 Å². The second-order valence-electron chi connectivity index (χ2n) is 4.91. The minimum Gasteiger partial charge on any atom is -0.378 e. The lowest BCUT2D eigenvalue weighted by atomic mass is 10.2. The van der Waals surface area contributed by atoms with Crippen LogP contribution in [0, 0.1) is 0 Å². The second-order valence-corrected chi connectivity index (χ2v) is 4.91. The van der Waals surface area contributed by atoms with Gasteiger partial charge in [-0.2, -0.15) is 0 Å². The highest BCUT2D eigenvalue weighted by atomic mass is 127. The Kier molecular flexibility index (Phi) is 6.41. The number of nitrogens with one attached hydrogen (secondary N) is 2. The van der Waals surface area contributed by atoms with Gasteiger partial charge in [0.1, 0.15) is 0 Å². The van der Waals surface area contributed by atoms with E-state index in [9.17, 15) is 0 Å². The molecule has 1 saturated carbocycles. The van der Waals surface area contributed by atoms with Crippen LogP contribution in [0.1, 0.15) is 18.4 Å². The van der Waals surface area contributed by atoms with Crippen molar-refractivity contribution >= 4 is 35.6 Å². The van der Waals surface area contributed by atoms with Crippen LogP contribution >= 0.6 is 24.0 Å². The van der Waals surface area contributed by atoms with Crippen LogP contribution in [0.3, 0.4) is 0 Å². The van der Waals surface area contributed by atoms with E-state index in [2.05, 4.69) is 58.9 Å². The highest BCUT2D eigenvalue weighted by Gasteiger charge is 2.21. The molecule has 19 heavy (non-hydrogen) atoms. The monoisotopic (exact) mass is 374 g/mol. The molecule has 0 amide bonds. The molecule has 2 rings (SSSR count). The molecule has 0 saturated heterocycles. The van der Waals surface area contributed by atoms with Crippen LogP contribution in [0.4, 0.5) is 5.69 Å². The van der Waals surface area contributed by atoms with Crippen LogP contribution in [0.15, 0.2) is 29.3 Å². The normalized spacial score (nSPS) is 14.6. The summed E-state index contributed by atoms with van der Waals surface area (Å²) in [6, 6.07) is 9.19. The molecule has 0 radical (unpaired) electrons. The standard InChI is InChI=1S/C14H22N4.HI/c1-15-14(17-12-6-7-12)16-10-11-4-8-13(9-5-11)18(2)3;/h4-5,8-9,12H,6-7,10H2,1-3H3,(H2,15,16,17);1H. The van der Waals surface area contributed by atoms with Crippen LogP contribution < -0.4 is 15.5 Å². The Balaban J connectivity index is 0.00000180. The number of halogens is 1. The Morgan fingerprint density at radius 2 is 1.89 bits per heavy atom. The lowest BCUT2D eigenvalue weighted by Gasteiger charge is -2.14. The predicted molar refractivity (Wildman–Crippen MR) is 92.5 cm³/mol. The third-order valence-corrected chi connectivity index (χ3v) is 3.05. The molecule has 0 unspecified atom stereocenters. The van der Waals surface area contributed by atoms with E-state index in [0.29, 0.717) is 6.04 Å². The van der Waals surface area contributed by atoms with E-state index in [1.165, 1.54) is 24.1 Å². The van der Waals surface area contributed by atoms with E-state index in [1.807, 2.05) is 7.05 Å². The number of benzene rings is 1. The molecular formula is C14H23IN4. The van der Waals surface area contributed by atoms with Gasteiger partial charge in [-0.3, -0.25) is 4.99 Å². The van der Waals surface area contributed by atoms with Gasteiger partial charge in [-0.25, -0.2) is 0 Å². The number of anilines is 1. The second kappa shape index (κ2) is 7.57. The first-order valence-electron chi connectivity index (χ1n) is 6.42. The van der Waals surface area contributed by atoms with Crippen molar-refractivity contribution in [2.75, 3.05) is 26.0 Å². The van der Waals surface area contributed by atoms with Crippen molar-refractivity contribution in [3.8, 4) is 0 Å². The third-order valence-electron chi connectivity index (χ3n) is 3.05. The molecule has 0 spiro atoms. The van der Waals surface area contributed by atoms with E-state index in [1.54, 1.807) is 0 Å². The summed E-state index contributed by atoms with van der Waals surface area (Å²) < 4.78 is 0. The molecule has 0 bridgehead atoms. The maximum absolute atomic E-state index is 4.22. The van der Waals surface area contributed by atoms with Gasteiger partial charge in [-0.1, -0.05) is 12.1 Å². The number of aliphatic imine (C=N–C) groups is 1. The highest BCUT2D eigenvalue weighted by molar-refractivity contribution is 14.0. The first-order chi connectivity index (χ1) is 8.69. The van der Waals surface area contributed by atoms with E-state index in [4.69, 9.17) is 0 Å². The number of hydrogen-bond donors (Lipinski definition) is 2. The summed E-state index contributed by atoms with van der Waals surface area (Å²) in [7, 11) is 5.91. The van der Waals surface area contributed by atoms with Gasteiger partial charge in [0.05, 0.1) is 0 Å². The van der Waals surface area contributed by atoms with Gasteiger partial charge in [-0.15, -0.1) is 24.0 Å². The van der Waals surface area contributed by atoms with Crippen molar-refractivity contribution in [1.29, 1.82) is 0 Å². The number of guanidine groups is 1. The van der Waals surface area contributed by atoms with Crippen LogP contribution in [0.2, 0.25) is 0 Å². The Hall–Kier alpha value is -0.980. The summed E-state index contributed by atoms with van der Waals surface area (Å²) in [5.41, 5.74) is 2.48. The largest absolute Gasteiger partial charge is 0.378 e. The Labute approximate surface area is 132 Å². The Morgan fingerprint density at radius 1 is 1.26 bits per heavy atom. The SMILES string of the molecule is CN=C(NCc1ccc(N(C)C)cc1)NC1CC1.I. The van der Waals surface area contributed by atoms with Crippen molar-refractivity contribution in [2.24, 2.45) is 4.99 Å². The van der Waals surface area contributed by atoms with E-state index in [0.717, 1.165) is 12.5 Å². The molecule has 1 aromatic carbocycles. The molecule has 5 heteroatoms. The average Bonchev–Trinajstić information content (AvgIpc) is 3.18. The number of rotatable bonds is 4. The summed E-state index contributed by atoms with van der Waals surface area (Å²) in [6.45, 7) is 0.806. The minimum absolute atomic E-state index is 0. The minimum atomic E-state index is 0. The van der Waals surface area contributed by atoms with E-state index in [-0.39, 0.29) is 24.0 Å². The summed E-state index contributed by atoms with van der Waals surface area (Å²) in [5.74, 6) is 0.897. The molecule has 1 aromatic rings. The molecular weight excluding hydrogens is 351 g/mol. The zero-order valence-corrected chi connectivity index (χ0v) is 14.1. The van der Waals surface area contributed by atoms with E-state index >= 15 is 0 Å². The van der Waals surface area contributed by atoms with Crippen molar-refractivity contribution in [2.45, 2.75) is 25.4 Å². The van der Waals surface area contributed by atoms with Gasteiger partial charge in [0.25, 0.3) is 0 Å². The fourth-order valence-corrected chi connectivity index (χ4v) is 1.71. The summed E-state index contributed by atoms with van der Waals surface area (Å²) in [6.07, 6.45) is 2.52. The van der Waals surface area contributed by atoms with Crippen LogP contribution in [-0.2, 0) is 6.54 Å². The highest BCUT2D eigenvalue weighted by Crippen LogP contribution is 2.18. The van der Waals surface area contributed by atoms with Crippen molar-refractivity contribution < 1.29 is 0 Å². The van der Waals surface area contributed by atoms with Crippen molar-refractivity contribution in [1.82, 2.24) is 10.6 Å². The lowest BCUT2D eigenvalue weighted by Crippen LogP contribution is -2.38. The maximum Gasteiger partial charge on any atom is 0.191 e. The summed E-state index contributed by atoms with van der Waals surface area (Å²) in [5, 5.41) is 6.70. The van der Waals surface area contributed by atoms with Gasteiger partial charge in [0.2, 0.25) is 0 Å². The fourth-order valence-electron chi connectivity index (χ4n) is 1.71. The third kappa shape index (κ3) is 5.26. The zero-order valence-electron chi connectivity index (χ0n) is 11.8. The zero-order chi connectivity index (χ0) is 13.0. The van der Waals surface area contributed by atoms with Crippen LogP contribution in [0.5, 0.6) is 0 Å². The van der Waals surface area contributed by atoms with Gasteiger partial charge < -0.3 is 15.5 Å². The number of nitrogens with zero attached hydrogens (tertiary/aromatic N) is 2. The lowest BCUT2D eigenvalue weighted by molar-refractivity contribution is 0.805. The van der Waals surface area contributed by atoms with Gasteiger partial charge >= 0.3 is 0 Å². The first-order valence-corrected chi connectivity index (χ1v) is 6.42. The fraction of sp³-hybridized carbons (Fsp3) is 0.500. The number of hydrogen-bond acceptors (Lipinski definition) is 2. The molecule has 0 aromatic heterocycles. The molecule has 2 N–H and O–H groups in total. The molecule has 1 fully saturated rings. The van der Waals surface area contributed by atoms with Gasteiger partial charge in [0, 0.05) is 39.4 Å². The molecule has 106 valence electrons. The smallest absolute Gasteiger partial charge is 0.191 e.